The fourth-order valence-electron chi connectivity index (χ4n) is 0.784. The van der Waals surface area contributed by atoms with Gasteiger partial charge in [0.05, 0.1) is 12.7 Å². The Labute approximate surface area is 66.4 Å². The summed E-state index contributed by atoms with van der Waals surface area (Å²) < 4.78 is 4.95. The Balaban J connectivity index is 3.81. The van der Waals surface area contributed by atoms with E-state index in [-0.39, 0.29) is 6.61 Å². The summed E-state index contributed by atoms with van der Waals surface area (Å²) in [5.41, 5.74) is 0. The Morgan fingerprint density at radius 1 is 1.36 bits per heavy atom. The summed E-state index contributed by atoms with van der Waals surface area (Å²) >= 11 is 0. The lowest BCUT2D eigenvalue weighted by Gasteiger charge is -2.22. The minimum atomic E-state index is -1.01. The van der Waals surface area contributed by atoms with Crippen molar-refractivity contribution >= 4 is 0 Å². The highest BCUT2D eigenvalue weighted by Gasteiger charge is 2.22. The van der Waals surface area contributed by atoms with E-state index in [0.717, 1.165) is 0 Å². The van der Waals surface area contributed by atoms with Crippen LogP contribution in [0.3, 0.4) is 0 Å². The summed E-state index contributed by atoms with van der Waals surface area (Å²) in [6, 6.07) is 0. The van der Waals surface area contributed by atoms with Gasteiger partial charge in [-0.15, -0.1) is 0 Å². The van der Waals surface area contributed by atoms with E-state index >= 15 is 0 Å². The van der Waals surface area contributed by atoms with Crippen molar-refractivity contribution in [1.29, 1.82) is 0 Å². The second kappa shape index (κ2) is 5.49. The molecule has 68 valence electrons. The summed E-state index contributed by atoms with van der Waals surface area (Å²) in [5, 5.41) is 26.8. The van der Waals surface area contributed by atoms with Crippen LogP contribution in [0.5, 0.6) is 0 Å². The van der Waals surface area contributed by atoms with Gasteiger partial charge in [0.2, 0.25) is 0 Å². The van der Waals surface area contributed by atoms with E-state index in [4.69, 9.17) is 14.9 Å². The molecule has 0 spiro atoms. The number of ether oxygens (including phenoxy) is 1. The minimum Gasteiger partial charge on any atom is -0.394 e. The van der Waals surface area contributed by atoms with Crippen LogP contribution < -0.4 is 0 Å². The fourth-order valence-corrected chi connectivity index (χ4v) is 0.784. The Morgan fingerprint density at radius 2 is 1.91 bits per heavy atom. The molecule has 0 saturated heterocycles. The van der Waals surface area contributed by atoms with E-state index in [1.807, 2.05) is 0 Å². The molecule has 0 rings (SSSR count). The Bertz CT molecular complexity index is 94.4. The Morgan fingerprint density at radius 3 is 2.18 bits per heavy atom. The van der Waals surface area contributed by atoms with Gasteiger partial charge < -0.3 is 20.1 Å². The molecule has 0 bridgehead atoms. The van der Waals surface area contributed by atoms with Crippen molar-refractivity contribution in [2.24, 2.45) is 0 Å². The van der Waals surface area contributed by atoms with Crippen LogP contribution in [-0.2, 0) is 4.74 Å². The van der Waals surface area contributed by atoms with Crippen molar-refractivity contribution in [2.45, 2.75) is 32.2 Å². The highest BCUT2D eigenvalue weighted by atomic mass is 16.5. The molecule has 0 aliphatic heterocycles. The summed E-state index contributed by atoms with van der Waals surface area (Å²) in [6.07, 6.45) is -2.57. The predicted molar refractivity (Wildman–Crippen MR) is 40.2 cm³/mol. The van der Waals surface area contributed by atoms with Gasteiger partial charge in [-0.1, -0.05) is 0 Å². The first-order chi connectivity index (χ1) is 5.13. The number of rotatable bonds is 5. The van der Waals surface area contributed by atoms with Gasteiger partial charge in [0, 0.05) is 6.61 Å². The Hall–Kier alpha value is -0.160. The van der Waals surface area contributed by atoms with E-state index in [2.05, 4.69) is 0 Å². The molecule has 0 saturated carbocycles. The summed E-state index contributed by atoms with van der Waals surface area (Å²) in [5.74, 6) is 0. The van der Waals surface area contributed by atoms with E-state index in [9.17, 15) is 5.11 Å². The van der Waals surface area contributed by atoms with E-state index in [1.54, 1.807) is 6.92 Å². The average molecular weight is 164 g/mol. The van der Waals surface area contributed by atoms with Gasteiger partial charge in [-0.2, -0.15) is 0 Å². The molecule has 3 atom stereocenters. The molecular weight excluding hydrogens is 148 g/mol. The summed E-state index contributed by atoms with van der Waals surface area (Å²) in [4.78, 5) is 0. The largest absolute Gasteiger partial charge is 0.394 e. The third-order valence-electron chi connectivity index (χ3n) is 1.44. The van der Waals surface area contributed by atoms with Crippen molar-refractivity contribution < 1.29 is 20.1 Å². The van der Waals surface area contributed by atoms with Crippen LogP contribution in [0.15, 0.2) is 0 Å². The van der Waals surface area contributed by atoms with Crippen LogP contribution in [0.4, 0.5) is 0 Å². The van der Waals surface area contributed by atoms with Gasteiger partial charge in [-0.05, 0) is 13.8 Å². The standard InChI is InChI=1S/C7H16O4/c1-3-11-6(4-8)7(10)5(2)9/h5-10H,3-4H2,1-2H3/t5-,6-,7+/m1/s1. The first-order valence-electron chi connectivity index (χ1n) is 3.72. The van der Waals surface area contributed by atoms with Crippen LogP contribution in [0.1, 0.15) is 13.8 Å². The number of aliphatic hydroxyl groups is 3. The molecule has 4 nitrogen and oxygen atoms in total. The molecule has 0 fully saturated rings. The molecule has 0 aromatic rings. The molecule has 0 aliphatic rings. The van der Waals surface area contributed by atoms with Gasteiger partial charge in [0.1, 0.15) is 12.2 Å². The van der Waals surface area contributed by atoms with Crippen LogP contribution in [0.25, 0.3) is 0 Å². The molecule has 11 heavy (non-hydrogen) atoms. The third-order valence-corrected chi connectivity index (χ3v) is 1.44. The number of aliphatic hydroxyl groups excluding tert-OH is 3. The van der Waals surface area contributed by atoms with Crippen molar-refractivity contribution in [3.63, 3.8) is 0 Å². The number of hydrogen-bond acceptors (Lipinski definition) is 4. The first kappa shape index (κ1) is 10.8. The first-order valence-corrected chi connectivity index (χ1v) is 3.72. The minimum absolute atomic E-state index is 0.278. The fraction of sp³-hybridized carbons (Fsp3) is 1.00. The maximum Gasteiger partial charge on any atom is 0.109 e. The van der Waals surface area contributed by atoms with E-state index in [1.165, 1.54) is 6.92 Å². The molecule has 0 aromatic heterocycles. The zero-order valence-corrected chi connectivity index (χ0v) is 6.90. The van der Waals surface area contributed by atoms with Crippen LogP contribution in [0.2, 0.25) is 0 Å². The van der Waals surface area contributed by atoms with Gasteiger partial charge in [-0.25, -0.2) is 0 Å². The van der Waals surface area contributed by atoms with Crippen LogP contribution in [0, 0.1) is 0 Å². The maximum atomic E-state index is 9.18. The molecule has 0 aliphatic carbocycles. The van der Waals surface area contributed by atoms with E-state index < -0.39 is 18.3 Å². The second-order valence-corrected chi connectivity index (χ2v) is 2.41. The molecule has 3 N–H and O–H groups in total. The van der Waals surface area contributed by atoms with E-state index in [0.29, 0.717) is 6.61 Å². The predicted octanol–water partition coefficient (Wildman–Crippen LogP) is -0.875. The lowest BCUT2D eigenvalue weighted by Crippen LogP contribution is -2.39. The van der Waals surface area contributed by atoms with Crippen molar-refractivity contribution in [2.75, 3.05) is 13.2 Å². The monoisotopic (exact) mass is 164 g/mol. The van der Waals surface area contributed by atoms with Gasteiger partial charge >= 0.3 is 0 Å². The van der Waals surface area contributed by atoms with Crippen molar-refractivity contribution in [3.05, 3.63) is 0 Å². The molecule has 4 heteroatoms. The lowest BCUT2D eigenvalue weighted by molar-refractivity contribution is -0.0992. The highest BCUT2D eigenvalue weighted by molar-refractivity contribution is 4.72. The molecule has 0 unspecified atom stereocenters. The van der Waals surface area contributed by atoms with Crippen molar-refractivity contribution in [1.82, 2.24) is 0 Å². The smallest absolute Gasteiger partial charge is 0.109 e. The topological polar surface area (TPSA) is 69.9 Å². The third kappa shape index (κ3) is 3.67. The summed E-state index contributed by atoms with van der Waals surface area (Å²) in [7, 11) is 0. The zero-order valence-electron chi connectivity index (χ0n) is 6.90. The van der Waals surface area contributed by atoms with Gasteiger partial charge in [-0.3, -0.25) is 0 Å². The maximum absolute atomic E-state index is 9.18. The zero-order chi connectivity index (χ0) is 8.85. The molecule has 0 aromatic carbocycles. The average Bonchev–Trinajstić information content (AvgIpc) is 1.98. The van der Waals surface area contributed by atoms with Crippen molar-refractivity contribution in [3.8, 4) is 0 Å². The lowest BCUT2D eigenvalue weighted by atomic mass is 10.1. The SMILES string of the molecule is CCO[C@H](CO)[C@@H](O)[C@@H](C)O. The van der Waals surface area contributed by atoms with Gasteiger partial charge in [0.25, 0.3) is 0 Å². The number of hydrogen-bond donors (Lipinski definition) is 3. The highest BCUT2D eigenvalue weighted by Crippen LogP contribution is 2.03. The Kier molecular flexibility index (Phi) is 5.41. The normalized spacial score (nSPS) is 19.4. The van der Waals surface area contributed by atoms with Gasteiger partial charge in [0.15, 0.2) is 0 Å². The van der Waals surface area contributed by atoms with Crippen LogP contribution in [-0.4, -0.2) is 46.8 Å². The summed E-state index contributed by atoms with van der Waals surface area (Å²) in [6.45, 7) is 3.35. The molecule has 0 radical (unpaired) electrons. The molecule has 0 amide bonds. The molecular formula is C7H16O4. The quantitative estimate of drug-likeness (QED) is 0.494. The van der Waals surface area contributed by atoms with Crippen LogP contribution >= 0.6 is 0 Å². The molecule has 0 heterocycles. The second-order valence-electron chi connectivity index (χ2n) is 2.41.